The Morgan fingerprint density at radius 1 is 1.10 bits per heavy atom. The van der Waals surface area contributed by atoms with E-state index < -0.39 is 32.5 Å². The monoisotopic (exact) mass is 421 g/mol. The highest BCUT2D eigenvalue weighted by molar-refractivity contribution is 7.89. The second-order valence-electron chi connectivity index (χ2n) is 6.00. The number of hydrogen-bond donors (Lipinski definition) is 2. The van der Waals surface area contributed by atoms with E-state index in [2.05, 4.69) is 10.3 Å². The van der Waals surface area contributed by atoms with E-state index in [0.717, 1.165) is 23.8 Å². The number of sulfonamides is 1. The molecule has 0 atom stereocenters. The van der Waals surface area contributed by atoms with Crippen molar-refractivity contribution in [2.45, 2.75) is 17.9 Å². The van der Waals surface area contributed by atoms with E-state index in [1.165, 1.54) is 6.26 Å². The standard InChI is InChI=1S/C19H17F2N3O4S/c20-14-3-1-4-15(21)19(14)29(26,27)24-9-7-18(25)23-12-13-6-8-22-16(11-13)17-5-2-10-28-17/h1-6,8,10-11,24H,7,9,12H2,(H,23,25). The fourth-order valence-electron chi connectivity index (χ4n) is 2.54. The first-order valence-corrected chi connectivity index (χ1v) is 10.0. The molecule has 0 radical (unpaired) electrons. The highest BCUT2D eigenvalue weighted by atomic mass is 32.2. The van der Waals surface area contributed by atoms with Gasteiger partial charge in [-0.05, 0) is 42.0 Å². The molecule has 152 valence electrons. The second-order valence-corrected chi connectivity index (χ2v) is 7.71. The quantitative estimate of drug-likeness (QED) is 0.582. The van der Waals surface area contributed by atoms with Gasteiger partial charge >= 0.3 is 0 Å². The van der Waals surface area contributed by atoms with Gasteiger partial charge in [-0.3, -0.25) is 9.78 Å². The molecule has 0 unspecified atom stereocenters. The maximum atomic E-state index is 13.6. The van der Waals surface area contributed by atoms with Gasteiger partial charge in [-0.2, -0.15) is 0 Å². The van der Waals surface area contributed by atoms with E-state index in [1.807, 2.05) is 4.72 Å². The van der Waals surface area contributed by atoms with Gasteiger partial charge in [0, 0.05) is 25.7 Å². The average molecular weight is 421 g/mol. The van der Waals surface area contributed by atoms with Crippen LogP contribution in [-0.2, 0) is 21.4 Å². The first-order chi connectivity index (χ1) is 13.9. The average Bonchev–Trinajstić information content (AvgIpc) is 3.21. The molecule has 0 saturated heterocycles. The van der Waals surface area contributed by atoms with Gasteiger partial charge in [-0.25, -0.2) is 21.9 Å². The molecule has 29 heavy (non-hydrogen) atoms. The Bertz CT molecular complexity index is 1080. The molecule has 1 amide bonds. The van der Waals surface area contributed by atoms with Gasteiger partial charge in [0.1, 0.15) is 17.3 Å². The summed E-state index contributed by atoms with van der Waals surface area (Å²) in [7, 11) is -4.41. The number of nitrogens with zero attached hydrogens (tertiary/aromatic N) is 1. The third kappa shape index (κ3) is 5.24. The minimum absolute atomic E-state index is 0.198. The van der Waals surface area contributed by atoms with Crippen molar-refractivity contribution in [3.63, 3.8) is 0 Å². The van der Waals surface area contributed by atoms with Gasteiger partial charge < -0.3 is 9.73 Å². The molecule has 7 nitrogen and oxygen atoms in total. The molecule has 2 aromatic heterocycles. The minimum atomic E-state index is -4.41. The number of nitrogens with one attached hydrogen (secondary N) is 2. The van der Waals surface area contributed by atoms with Crippen molar-refractivity contribution >= 4 is 15.9 Å². The first kappa shape index (κ1) is 20.6. The molecule has 0 saturated carbocycles. The predicted octanol–water partition coefficient (Wildman–Crippen LogP) is 2.60. The fourth-order valence-corrected chi connectivity index (χ4v) is 3.71. The van der Waals surface area contributed by atoms with Crippen molar-refractivity contribution in [3.8, 4) is 11.5 Å². The number of carbonyl (C=O) groups excluding carboxylic acids is 1. The summed E-state index contributed by atoms with van der Waals surface area (Å²) in [6.45, 7) is -0.111. The Morgan fingerprint density at radius 3 is 2.55 bits per heavy atom. The third-order valence-electron chi connectivity index (χ3n) is 3.92. The van der Waals surface area contributed by atoms with Crippen molar-refractivity contribution in [2.75, 3.05) is 6.54 Å². The highest BCUT2D eigenvalue weighted by Gasteiger charge is 2.23. The van der Waals surface area contributed by atoms with Gasteiger partial charge in [0.2, 0.25) is 15.9 Å². The summed E-state index contributed by atoms with van der Waals surface area (Å²) in [5.41, 5.74) is 1.38. The Morgan fingerprint density at radius 2 is 1.86 bits per heavy atom. The van der Waals surface area contributed by atoms with Gasteiger partial charge in [0.15, 0.2) is 10.7 Å². The predicted molar refractivity (Wildman–Crippen MR) is 99.9 cm³/mol. The molecule has 2 heterocycles. The van der Waals surface area contributed by atoms with Crippen LogP contribution >= 0.6 is 0 Å². The van der Waals surface area contributed by atoms with Crippen molar-refractivity contribution < 1.29 is 26.4 Å². The van der Waals surface area contributed by atoms with E-state index >= 15 is 0 Å². The summed E-state index contributed by atoms with van der Waals surface area (Å²) >= 11 is 0. The molecule has 0 bridgehead atoms. The first-order valence-electron chi connectivity index (χ1n) is 8.56. The summed E-state index contributed by atoms with van der Waals surface area (Å²) in [4.78, 5) is 15.1. The van der Waals surface area contributed by atoms with Crippen molar-refractivity contribution in [1.82, 2.24) is 15.0 Å². The van der Waals surface area contributed by atoms with Crippen LogP contribution < -0.4 is 10.0 Å². The SMILES string of the molecule is O=C(CCNS(=O)(=O)c1c(F)cccc1F)NCc1ccnc(-c2ccco2)c1. The summed E-state index contributed by atoms with van der Waals surface area (Å²) in [6.07, 6.45) is 2.90. The Labute approximate surface area is 165 Å². The molecule has 3 rings (SSSR count). The number of carbonyl (C=O) groups is 1. The molecular formula is C19H17F2N3O4S. The van der Waals surface area contributed by atoms with Crippen LogP contribution in [0.25, 0.3) is 11.5 Å². The van der Waals surface area contributed by atoms with E-state index in [0.29, 0.717) is 11.5 Å². The number of amides is 1. The topological polar surface area (TPSA) is 101 Å². The number of benzene rings is 1. The lowest BCUT2D eigenvalue weighted by atomic mass is 10.2. The molecule has 0 aliphatic rings. The van der Waals surface area contributed by atoms with Crippen molar-refractivity contribution in [3.05, 3.63) is 72.1 Å². The van der Waals surface area contributed by atoms with Gasteiger partial charge in [-0.15, -0.1) is 0 Å². The van der Waals surface area contributed by atoms with Gasteiger partial charge in [0.25, 0.3) is 0 Å². The molecule has 0 fully saturated rings. The molecule has 3 aromatic rings. The summed E-state index contributed by atoms with van der Waals surface area (Å²) in [5.74, 6) is -2.25. The molecule has 2 N–H and O–H groups in total. The lowest BCUT2D eigenvalue weighted by Gasteiger charge is -2.09. The molecular weight excluding hydrogens is 404 g/mol. The van der Waals surface area contributed by atoms with Crippen LogP contribution in [0.2, 0.25) is 0 Å². The molecule has 1 aromatic carbocycles. The molecule has 0 spiro atoms. The molecule has 0 aliphatic carbocycles. The van der Waals surface area contributed by atoms with Gasteiger partial charge in [-0.1, -0.05) is 6.07 Å². The second kappa shape index (κ2) is 8.93. The van der Waals surface area contributed by atoms with E-state index in [1.54, 1.807) is 30.5 Å². The van der Waals surface area contributed by atoms with Crippen LogP contribution in [0.4, 0.5) is 8.78 Å². The number of aromatic nitrogens is 1. The van der Waals surface area contributed by atoms with Crippen LogP contribution in [0.3, 0.4) is 0 Å². The number of halogens is 2. The number of rotatable bonds is 8. The minimum Gasteiger partial charge on any atom is -0.463 e. The Kier molecular flexibility index (Phi) is 6.35. The largest absolute Gasteiger partial charge is 0.463 e. The third-order valence-corrected chi connectivity index (χ3v) is 5.43. The van der Waals surface area contributed by atoms with Crippen LogP contribution in [0.1, 0.15) is 12.0 Å². The Balaban J connectivity index is 1.51. The smallest absolute Gasteiger partial charge is 0.246 e. The maximum absolute atomic E-state index is 13.6. The Hall–Kier alpha value is -3.11. The van der Waals surface area contributed by atoms with Crippen LogP contribution in [0.5, 0.6) is 0 Å². The number of furan rings is 1. The van der Waals surface area contributed by atoms with E-state index in [9.17, 15) is 22.0 Å². The zero-order valence-corrected chi connectivity index (χ0v) is 15.9. The lowest BCUT2D eigenvalue weighted by molar-refractivity contribution is -0.121. The zero-order valence-electron chi connectivity index (χ0n) is 15.1. The molecule has 0 aliphatic heterocycles. The fraction of sp³-hybridized carbons (Fsp3) is 0.158. The van der Waals surface area contributed by atoms with E-state index in [-0.39, 0.29) is 19.5 Å². The summed E-state index contributed by atoms with van der Waals surface area (Å²) in [6, 6.07) is 9.72. The molecule has 10 heteroatoms. The highest BCUT2D eigenvalue weighted by Crippen LogP contribution is 2.19. The normalized spacial score (nSPS) is 11.4. The van der Waals surface area contributed by atoms with Crippen LogP contribution in [0.15, 0.2) is 64.2 Å². The van der Waals surface area contributed by atoms with Crippen LogP contribution in [0, 0.1) is 11.6 Å². The number of pyridine rings is 1. The summed E-state index contributed by atoms with van der Waals surface area (Å²) in [5, 5.41) is 2.64. The summed E-state index contributed by atoms with van der Waals surface area (Å²) < 4.78 is 58.6. The van der Waals surface area contributed by atoms with Gasteiger partial charge in [0.05, 0.1) is 6.26 Å². The lowest BCUT2D eigenvalue weighted by Crippen LogP contribution is -2.31. The van der Waals surface area contributed by atoms with Crippen LogP contribution in [-0.4, -0.2) is 25.9 Å². The van der Waals surface area contributed by atoms with Crippen molar-refractivity contribution in [1.29, 1.82) is 0 Å². The maximum Gasteiger partial charge on any atom is 0.246 e. The van der Waals surface area contributed by atoms with Crippen molar-refractivity contribution in [2.24, 2.45) is 0 Å². The number of hydrogen-bond acceptors (Lipinski definition) is 5. The van der Waals surface area contributed by atoms with E-state index in [4.69, 9.17) is 4.42 Å². The zero-order chi connectivity index (χ0) is 20.9.